The van der Waals surface area contributed by atoms with Gasteiger partial charge in [0.05, 0.1) is 25.5 Å². The van der Waals surface area contributed by atoms with Gasteiger partial charge in [0, 0.05) is 27.3 Å². The van der Waals surface area contributed by atoms with Crippen LogP contribution in [0, 0.1) is 5.92 Å². The number of methoxy groups -OCH3 is 3. The predicted molar refractivity (Wildman–Crippen MR) is 144 cm³/mol. The van der Waals surface area contributed by atoms with Gasteiger partial charge in [0.15, 0.2) is 0 Å². The van der Waals surface area contributed by atoms with Crippen molar-refractivity contribution in [2.75, 3.05) is 41.0 Å². The Labute approximate surface area is 230 Å². The minimum absolute atomic E-state index is 0. The molecule has 0 bridgehead atoms. The van der Waals surface area contributed by atoms with Crippen molar-refractivity contribution in [1.82, 2.24) is 4.90 Å². The van der Waals surface area contributed by atoms with Crippen LogP contribution in [0.15, 0.2) is 48.5 Å². The van der Waals surface area contributed by atoms with Crippen molar-refractivity contribution in [3.63, 3.8) is 0 Å². The molecule has 3 atom stereocenters. The van der Waals surface area contributed by atoms with Gasteiger partial charge in [0.2, 0.25) is 0 Å². The molecule has 2 N–H and O–H groups in total. The summed E-state index contributed by atoms with van der Waals surface area (Å²) < 4.78 is 59.0. The molecule has 0 aromatic heterocycles. The average Bonchev–Trinajstić information content (AvgIpc) is 2.87. The second kappa shape index (κ2) is 14.9. The van der Waals surface area contributed by atoms with Gasteiger partial charge in [-0.25, -0.2) is 0 Å². The van der Waals surface area contributed by atoms with Crippen molar-refractivity contribution in [3.05, 3.63) is 59.7 Å². The first-order valence-corrected chi connectivity index (χ1v) is 12.7. The number of nitrogens with two attached hydrogens (primary N) is 1. The number of unbranched alkanes of at least 4 members (excludes halogenated alkanes) is 1. The van der Waals surface area contributed by atoms with E-state index in [4.69, 9.17) is 19.9 Å². The van der Waals surface area contributed by atoms with E-state index in [1.807, 2.05) is 30.3 Å². The molecule has 2 aromatic rings. The fourth-order valence-corrected chi connectivity index (χ4v) is 5.38. The molecule has 10 heteroatoms. The van der Waals surface area contributed by atoms with Gasteiger partial charge in [-0.15, -0.1) is 25.6 Å². The van der Waals surface area contributed by atoms with Crippen LogP contribution in [0.3, 0.4) is 0 Å². The smallest absolute Gasteiger partial charge is 0.496 e. The van der Waals surface area contributed by atoms with E-state index < -0.39 is 12.0 Å². The van der Waals surface area contributed by atoms with Gasteiger partial charge in [-0.3, -0.25) is 4.90 Å². The zero-order chi connectivity index (χ0) is 26.9. The van der Waals surface area contributed by atoms with Crippen molar-refractivity contribution in [2.24, 2.45) is 11.7 Å². The van der Waals surface area contributed by atoms with E-state index in [1.165, 1.54) is 25.3 Å². The number of halogens is 4. The fraction of sp³-hybridized carbons (Fsp3) is 0.571. The number of nitrogens with zero attached hydrogens (tertiary/aromatic N) is 1. The first kappa shape index (κ1) is 32.2. The maximum atomic E-state index is 12.9. The largest absolute Gasteiger partial charge is 0.573 e. The van der Waals surface area contributed by atoms with Crippen molar-refractivity contribution < 1.29 is 32.1 Å². The van der Waals surface area contributed by atoms with Crippen LogP contribution in [-0.2, 0) is 21.6 Å². The van der Waals surface area contributed by atoms with Crippen LogP contribution in [0.1, 0.15) is 43.2 Å². The summed E-state index contributed by atoms with van der Waals surface area (Å²) in [5.74, 6) is 0.215. The lowest BCUT2D eigenvalue weighted by Crippen LogP contribution is -2.61. The Bertz CT molecular complexity index is 967. The van der Waals surface area contributed by atoms with Crippen LogP contribution in [0.4, 0.5) is 13.2 Å². The second-order valence-corrected chi connectivity index (χ2v) is 9.55. The molecule has 0 spiro atoms. The summed E-state index contributed by atoms with van der Waals surface area (Å²) in [7, 11) is 4.88. The molecule has 3 rings (SSSR count). The molecule has 1 unspecified atom stereocenters. The number of benzene rings is 2. The molecule has 0 amide bonds. The van der Waals surface area contributed by atoms with Crippen LogP contribution in [0.5, 0.6) is 11.5 Å². The minimum atomic E-state index is -4.76. The van der Waals surface area contributed by atoms with Crippen molar-refractivity contribution >= 4 is 12.4 Å². The molecule has 38 heavy (non-hydrogen) atoms. The summed E-state index contributed by atoms with van der Waals surface area (Å²) in [5, 5.41) is 0. The minimum Gasteiger partial charge on any atom is -0.496 e. The molecule has 1 heterocycles. The predicted octanol–water partition coefficient (Wildman–Crippen LogP) is 5.91. The van der Waals surface area contributed by atoms with Crippen LogP contribution in [-0.4, -0.2) is 58.4 Å². The molecule has 0 saturated carbocycles. The van der Waals surface area contributed by atoms with E-state index in [0.29, 0.717) is 24.3 Å². The highest BCUT2D eigenvalue weighted by Crippen LogP contribution is 2.42. The zero-order valence-electron chi connectivity index (χ0n) is 22.3. The molecule has 6 nitrogen and oxygen atoms in total. The molecule has 1 aliphatic heterocycles. The third-order valence-corrected chi connectivity index (χ3v) is 7.20. The lowest BCUT2D eigenvalue weighted by molar-refractivity contribution is -0.274. The van der Waals surface area contributed by atoms with Gasteiger partial charge in [-0.05, 0) is 73.8 Å². The Morgan fingerprint density at radius 2 is 1.82 bits per heavy atom. The summed E-state index contributed by atoms with van der Waals surface area (Å²) >= 11 is 0. The molecule has 2 aromatic carbocycles. The Morgan fingerprint density at radius 3 is 2.45 bits per heavy atom. The van der Waals surface area contributed by atoms with Gasteiger partial charge < -0.3 is 24.7 Å². The number of piperidine rings is 1. The summed E-state index contributed by atoms with van der Waals surface area (Å²) in [4.78, 5) is 2.33. The van der Waals surface area contributed by atoms with E-state index in [0.717, 1.165) is 50.8 Å². The molecule has 1 fully saturated rings. The number of hydrogen-bond donors (Lipinski definition) is 1. The number of likely N-dealkylation sites (tertiary alicyclic amines) is 1. The normalized spacial score (nSPS) is 21.0. The number of hydrogen-bond acceptors (Lipinski definition) is 6. The van der Waals surface area contributed by atoms with Crippen LogP contribution < -0.4 is 15.2 Å². The quantitative estimate of drug-likeness (QED) is 0.307. The van der Waals surface area contributed by atoms with Gasteiger partial charge in [0.25, 0.3) is 0 Å². The Balaban J connectivity index is 0.00000507. The van der Waals surface area contributed by atoms with Crippen molar-refractivity contribution in [2.45, 2.75) is 56.7 Å². The van der Waals surface area contributed by atoms with Gasteiger partial charge >= 0.3 is 6.36 Å². The van der Waals surface area contributed by atoms with E-state index >= 15 is 0 Å². The highest BCUT2D eigenvalue weighted by atomic mass is 35.5. The van der Waals surface area contributed by atoms with Crippen molar-refractivity contribution in [3.8, 4) is 11.5 Å². The molecular formula is C28H40ClF3N2O4. The highest BCUT2D eigenvalue weighted by Gasteiger charge is 2.44. The maximum Gasteiger partial charge on any atom is 0.573 e. The average molecular weight is 561 g/mol. The summed E-state index contributed by atoms with van der Waals surface area (Å²) in [6.07, 6.45) is 0.359. The standard InChI is InChI=1S/C28H39F3N2O4.ClH/c1-34-20-25(35-2)13-7-8-16-33-17-9-12-23(27(33,32)22-10-5-4-6-11-22)18-21-19-24(37-28(29,30)31)14-15-26(21)36-3;/h4-6,10-11,14-15,19,23,25H,7-9,12-13,16-18,20,32H2,1-3H3;1H/t23-,25?,27+;/m0./s1. The first-order chi connectivity index (χ1) is 17.7. The van der Waals surface area contributed by atoms with Crippen LogP contribution in [0.25, 0.3) is 0 Å². The fourth-order valence-electron chi connectivity index (χ4n) is 5.38. The highest BCUT2D eigenvalue weighted by molar-refractivity contribution is 5.85. The molecule has 0 radical (unpaired) electrons. The number of ether oxygens (including phenoxy) is 4. The topological polar surface area (TPSA) is 66.2 Å². The summed E-state index contributed by atoms with van der Waals surface area (Å²) in [6.45, 7) is 2.22. The molecule has 0 aliphatic carbocycles. The molecular weight excluding hydrogens is 521 g/mol. The monoisotopic (exact) mass is 560 g/mol. The van der Waals surface area contributed by atoms with Gasteiger partial charge in [-0.2, -0.15) is 0 Å². The van der Waals surface area contributed by atoms with E-state index in [2.05, 4.69) is 9.64 Å². The summed E-state index contributed by atoms with van der Waals surface area (Å²) in [5.41, 5.74) is 8.15. The lowest BCUT2D eigenvalue weighted by atomic mass is 9.75. The maximum absolute atomic E-state index is 12.9. The molecule has 1 saturated heterocycles. The lowest BCUT2D eigenvalue weighted by Gasteiger charge is -2.50. The molecule has 214 valence electrons. The Kier molecular flexibility index (Phi) is 12.6. The third kappa shape index (κ3) is 8.48. The van der Waals surface area contributed by atoms with Crippen molar-refractivity contribution in [1.29, 1.82) is 0 Å². The van der Waals surface area contributed by atoms with E-state index in [1.54, 1.807) is 14.2 Å². The Hall–Kier alpha value is -2.04. The first-order valence-electron chi connectivity index (χ1n) is 12.7. The van der Waals surface area contributed by atoms with Gasteiger partial charge in [-0.1, -0.05) is 30.3 Å². The van der Waals surface area contributed by atoms with Crippen LogP contribution >= 0.6 is 12.4 Å². The van der Waals surface area contributed by atoms with E-state index in [9.17, 15) is 13.2 Å². The summed E-state index contributed by atoms with van der Waals surface area (Å²) in [6, 6.07) is 14.2. The van der Waals surface area contributed by atoms with E-state index in [-0.39, 0.29) is 30.2 Å². The number of rotatable bonds is 13. The number of alkyl halides is 3. The zero-order valence-corrected chi connectivity index (χ0v) is 23.2. The SMILES string of the molecule is COCC(CCCCN1CCC[C@@H](Cc2cc(OC(F)(F)F)ccc2OC)[C@@]1(N)c1ccccc1)OC.Cl. The second-order valence-electron chi connectivity index (χ2n) is 9.55. The molecule has 1 aliphatic rings. The Morgan fingerprint density at radius 1 is 1.08 bits per heavy atom. The third-order valence-electron chi connectivity index (χ3n) is 7.20. The van der Waals surface area contributed by atoms with Crippen LogP contribution in [0.2, 0.25) is 0 Å². The van der Waals surface area contributed by atoms with Gasteiger partial charge in [0.1, 0.15) is 11.5 Å².